The predicted octanol–water partition coefficient (Wildman–Crippen LogP) is 3.65. The van der Waals surface area contributed by atoms with E-state index in [-0.39, 0.29) is 17.9 Å². The molecule has 0 aliphatic carbocycles. The lowest BCUT2D eigenvalue weighted by Gasteiger charge is -2.36. The summed E-state index contributed by atoms with van der Waals surface area (Å²) in [6.07, 6.45) is -0.261. The highest BCUT2D eigenvalue weighted by molar-refractivity contribution is 5.95. The zero-order valence-corrected chi connectivity index (χ0v) is 20.2. The molecule has 2 aromatic rings. The van der Waals surface area contributed by atoms with Crippen molar-refractivity contribution in [2.45, 2.75) is 26.9 Å². The summed E-state index contributed by atoms with van der Waals surface area (Å²) in [4.78, 5) is 30.0. The molecule has 1 aliphatic rings. The Hall–Kier alpha value is -3.06. The van der Waals surface area contributed by atoms with Gasteiger partial charge in [0.1, 0.15) is 11.5 Å². The lowest BCUT2D eigenvalue weighted by atomic mass is 10.1. The van der Waals surface area contributed by atoms with Crippen LogP contribution in [0.2, 0.25) is 0 Å². The Balaban J connectivity index is 1.73. The normalized spacial score (nSPS) is 15.9. The van der Waals surface area contributed by atoms with Crippen LogP contribution in [0, 0.1) is 12.8 Å². The molecule has 0 N–H and O–H groups in total. The van der Waals surface area contributed by atoms with Crippen LogP contribution in [0.25, 0.3) is 0 Å². The third-order valence-electron chi connectivity index (χ3n) is 5.62. The Labute approximate surface area is 196 Å². The number of benzene rings is 2. The molecule has 2 amide bonds. The van der Waals surface area contributed by atoms with Crippen LogP contribution in [0.1, 0.15) is 40.1 Å². The number of amides is 2. The first-order valence-electron chi connectivity index (χ1n) is 11.3. The molecular formula is C26H34N2O5. The van der Waals surface area contributed by atoms with Crippen LogP contribution in [0.4, 0.5) is 0 Å². The van der Waals surface area contributed by atoms with Gasteiger partial charge in [-0.2, -0.15) is 0 Å². The van der Waals surface area contributed by atoms with Crippen molar-refractivity contribution in [3.8, 4) is 11.5 Å². The van der Waals surface area contributed by atoms with E-state index in [1.165, 1.54) is 0 Å². The van der Waals surface area contributed by atoms with Crippen LogP contribution in [-0.2, 0) is 4.74 Å². The molecule has 0 bridgehead atoms. The minimum Gasteiger partial charge on any atom is -0.497 e. The Morgan fingerprint density at radius 3 is 2.27 bits per heavy atom. The first-order chi connectivity index (χ1) is 15.8. The first kappa shape index (κ1) is 24.6. The summed E-state index contributed by atoms with van der Waals surface area (Å²) >= 11 is 0. The molecule has 7 heteroatoms. The average Bonchev–Trinajstić information content (AvgIpc) is 2.82. The van der Waals surface area contributed by atoms with Crippen molar-refractivity contribution in [3.05, 3.63) is 59.2 Å². The van der Waals surface area contributed by atoms with Crippen molar-refractivity contribution in [3.63, 3.8) is 0 Å². The molecule has 3 rings (SSSR count). The molecule has 1 atom stereocenters. The molecule has 178 valence electrons. The van der Waals surface area contributed by atoms with E-state index in [4.69, 9.17) is 14.2 Å². The van der Waals surface area contributed by atoms with E-state index < -0.39 is 0 Å². The monoisotopic (exact) mass is 454 g/mol. The number of methoxy groups -OCH3 is 2. The lowest BCUT2D eigenvalue weighted by molar-refractivity contribution is -0.0340. The summed E-state index contributed by atoms with van der Waals surface area (Å²) in [6.45, 7) is 8.54. The van der Waals surface area contributed by atoms with E-state index in [9.17, 15) is 9.59 Å². The second kappa shape index (κ2) is 11.2. The highest BCUT2D eigenvalue weighted by Crippen LogP contribution is 2.24. The number of morpholine rings is 1. The molecule has 2 aromatic carbocycles. The van der Waals surface area contributed by atoms with Crippen LogP contribution in [0.15, 0.2) is 42.5 Å². The van der Waals surface area contributed by atoms with E-state index in [0.29, 0.717) is 61.3 Å². The van der Waals surface area contributed by atoms with Crippen molar-refractivity contribution in [2.24, 2.45) is 5.92 Å². The van der Waals surface area contributed by atoms with Gasteiger partial charge in [0.05, 0.1) is 26.9 Å². The molecule has 1 fully saturated rings. The highest BCUT2D eigenvalue weighted by Gasteiger charge is 2.29. The summed E-state index contributed by atoms with van der Waals surface area (Å²) in [5.74, 6) is 1.31. The van der Waals surface area contributed by atoms with Gasteiger partial charge < -0.3 is 24.0 Å². The van der Waals surface area contributed by atoms with Crippen molar-refractivity contribution >= 4 is 11.8 Å². The van der Waals surface area contributed by atoms with Crippen molar-refractivity contribution in [2.75, 3.05) is 47.0 Å². The highest BCUT2D eigenvalue weighted by atomic mass is 16.5. The number of hydrogen-bond donors (Lipinski definition) is 0. The molecule has 0 spiro atoms. The van der Waals surface area contributed by atoms with Gasteiger partial charge in [0.15, 0.2) is 0 Å². The molecule has 7 nitrogen and oxygen atoms in total. The summed E-state index contributed by atoms with van der Waals surface area (Å²) in [5, 5.41) is 0. The van der Waals surface area contributed by atoms with Gasteiger partial charge in [-0.25, -0.2) is 0 Å². The third kappa shape index (κ3) is 6.48. The Bertz CT molecular complexity index is 935. The molecule has 0 aromatic heterocycles. The summed E-state index contributed by atoms with van der Waals surface area (Å²) in [6, 6.07) is 12.8. The minimum atomic E-state index is -0.261. The fourth-order valence-corrected chi connectivity index (χ4v) is 3.93. The van der Waals surface area contributed by atoms with Crippen LogP contribution in [0.5, 0.6) is 11.5 Å². The number of ether oxygens (including phenoxy) is 3. The minimum absolute atomic E-state index is 0.0201. The van der Waals surface area contributed by atoms with Crippen LogP contribution in [-0.4, -0.2) is 74.7 Å². The van der Waals surface area contributed by atoms with Gasteiger partial charge in [0.25, 0.3) is 11.8 Å². The van der Waals surface area contributed by atoms with Crippen LogP contribution >= 0.6 is 0 Å². The number of carbonyl (C=O) groups excluding carboxylic acids is 2. The maximum Gasteiger partial charge on any atom is 0.254 e. The number of hydrogen-bond acceptors (Lipinski definition) is 5. The molecule has 1 heterocycles. The molecule has 0 radical (unpaired) electrons. The van der Waals surface area contributed by atoms with Gasteiger partial charge in [0.2, 0.25) is 0 Å². The zero-order chi connectivity index (χ0) is 24.0. The van der Waals surface area contributed by atoms with E-state index in [2.05, 4.69) is 13.8 Å². The molecule has 1 aliphatic heterocycles. The second-order valence-corrected chi connectivity index (χ2v) is 8.82. The van der Waals surface area contributed by atoms with Gasteiger partial charge in [-0.05, 0) is 37.1 Å². The average molecular weight is 455 g/mol. The maximum atomic E-state index is 13.2. The topological polar surface area (TPSA) is 68.3 Å². The number of carbonyl (C=O) groups is 2. The zero-order valence-electron chi connectivity index (χ0n) is 20.2. The second-order valence-electron chi connectivity index (χ2n) is 8.82. The van der Waals surface area contributed by atoms with Crippen molar-refractivity contribution in [1.82, 2.24) is 9.80 Å². The smallest absolute Gasteiger partial charge is 0.254 e. The number of aryl methyl sites for hydroxylation is 1. The summed E-state index contributed by atoms with van der Waals surface area (Å²) < 4.78 is 16.6. The van der Waals surface area contributed by atoms with Gasteiger partial charge in [-0.1, -0.05) is 31.5 Å². The quantitative estimate of drug-likeness (QED) is 0.609. The standard InChI is InChI=1S/C26H34N2O5/c1-18(2)15-28(25(29)20-8-6-19(3)7-9-20)17-24-16-27(10-11-33-24)26(30)21-12-22(31-4)14-23(13-21)32-5/h6-9,12-14,18,24H,10-11,15-17H2,1-5H3. The predicted molar refractivity (Wildman–Crippen MR) is 127 cm³/mol. The molecule has 33 heavy (non-hydrogen) atoms. The van der Waals surface area contributed by atoms with Gasteiger partial charge in [0, 0.05) is 43.4 Å². The van der Waals surface area contributed by atoms with Crippen LogP contribution < -0.4 is 9.47 Å². The van der Waals surface area contributed by atoms with Crippen LogP contribution in [0.3, 0.4) is 0 Å². The SMILES string of the molecule is COc1cc(OC)cc(C(=O)N2CCOC(CN(CC(C)C)C(=O)c3ccc(C)cc3)C2)c1. The maximum absolute atomic E-state index is 13.2. The fourth-order valence-electron chi connectivity index (χ4n) is 3.93. The Morgan fingerprint density at radius 1 is 1.06 bits per heavy atom. The van der Waals surface area contributed by atoms with E-state index in [1.807, 2.05) is 36.1 Å². The van der Waals surface area contributed by atoms with Gasteiger partial charge >= 0.3 is 0 Å². The van der Waals surface area contributed by atoms with Gasteiger partial charge in [-0.3, -0.25) is 9.59 Å². The molecule has 1 unspecified atom stereocenters. The summed E-state index contributed by atoms with van der Waals surface area (Å²) in [7, 11) is 3.12. The van der Waals surface area contributed by atoms with E-state index in [0.717, 1.165) is 5.56 Å². The molecule has 0 saturated carbocycles. The van der Waals surface area contributed by atoms with Gasteiger partial charge in [-0.15, -0.1) is 0 Å². The molecular weight excluding hydrogens is 420 g/mol. The largest absolute Gasteiger partial charge is 0.497 e. The third-order valence-corrected chi connectivity index (χ3v) is 5.62. The van der Waals surface area contributed by atoms with Crippen molar-refractivity contribution < 1.29 is 23.8 Å². The van der Waals surface area contributed by atoms with Crippen molar-refractivity contribution in [1.29, 1.82) is 0 Å². The van der Waals surface area contributed by atoms with E-state index in [1.54, 1.807) is 37.3 Å². The first-order valence-corrected chi connectivity index (χ1v) is 11.3. The number of nitrogens with zero attached hydrogens (tertiary/aromatic N) is 2. The Morgan fingerprint density at radius 2 is 1.70 bits per heavy atom. The summed E-state index contributed by atoms with van der Waals surface area (Å²) in [5.41, 5.74) is 2.27. The molecule has 1 saturated heterocycles. The Kier molecular flexibility index (Phi) is 8.33. The van der Waals surface area contributed by atoms with E-state index >= 15 is 0 Å². The lowest BCUT2D eigenvalue weighted by Crippen LogP contribution is -2.51. The fraction of sp³-hybridized carbons (Fsp3) is 0.462. The number of rotatable bonds is 8.